The maximum Gasteiger partial charge on any atom is 0.121 e. The Bertz CT molecular complexity index is 1110. The molecule has 0 saturated carbocycles. The van der Waals surface area contributed by atoms with Gasteiger partial charge in [0, 0.05) is 34.6 Å². The van der Waals surface area contributed by atoms with Crippen LogP contribution in [0.4, 0.5) is 0 Å². The van der Waals surface area contributed by atoms with Gasteiger partial charge in [-0.1, -0.05) is 65.3 Å². The Kier molecular flexibility index (Phi) is 5.47. The van der Waals surface area contributed by atoms with Gasteiger partial charge in [0.1, 0.15) is 5.03 Å². The number of fused-ring (bicyclic) bond motifs is 1. The molecule has 4 aromatic rings. The molecule has 0 aliphatic heterocycles. The highest BCUT2D eigenvalue weighted by Gasteiger charge is 2.16. The van der Waals surface area contributed by atoms with Crippen molar-refractivity contribution in [2.75, 3.05) is 0 Å². The Morgan fingerprint density at radius 1 is 0.893 bits per heavy atom. The molecule has 2 heterocycles. The van der Waals surface area contributed by atoms with Gasteiger partial charge < -0.3 is 4.57 Å². The van der Waals surface area contributed by atoms with Gasteiger partial charge in [0.25, 0.3) is 0 Å². The molecule has 0 amide bonds. The Balaban J connectivity index is 1.71. The number of nitrogens with zero attached hydrogens (tertiary/aromatic N) is 2. The van der Waals surface area contributed by atoms with Gasteiger partial charge in [-0.25, -0.2) is 4.98 Å². The van der Waals surface area contributed by atoms with E-state index in [0.717, 1.165) is 22.3 Å². The first-order chi connectivity index (χ1) is 13.5. The van der Waals surface area contributed by atoms with Gasteiger partial charge in [0.15, 0.2) is 0 Å². The third-order valence-electron chi connectivity index (χ3n) is 5.26. The maximum atomic E-state index is 6.01. The molecule has 0 spiro atoms. The second-order valence-corrected chi connectivity index (χ2v) is 8.61. The molecule has 142 valence electrons. The lowest BCUT2D eigenvalue weighted by atomic mass is 10.1. The topological polar surface area (TPSA) is 17.8 Å². The molecule has 4 rings (SSSR count). The smallest absolute Gasteiger partial charge is 0.121 e. The minimum absolute atomic E-state index is 0.771. The molecule has 2 aromatic heterocycles. The standard InChI is InChI=1S/C24H23ClN2S/c1-16-4-6-19(7-5-16)14-27-18(3)17(2)22-12-13-26-24(23(22)27)28-15-20-8-10-21(25)11-9-20/h4-13H,14-15H2,1-3H3. The van der Waals surface area contributed by atoms with E-state index < -0.39 is 0 Å². The molecule has 2 nitrogen and oxygen atoms in total. The van der Waals surface area contributed by atoms with E-state index in [4.69, 9.17) is 16.6 Å². The molecule has 2 aromatic carbocycles. The Morgan fingerprint density at radius 3 is 2.29 bits per heavy atom. The lowest BCUT2D eigenvalue weighted by molar-refractivity contribution is 0.790. The fraction of sp³-hybridized carbons (Fsp3) is 0.208. The Morgan fingerprint density at radius 2 is 1.57 bits per heavy atom. The minimum atomic E-state index is 0.771. The number of rotatable bonds is 5. The van der Waals surface area contributed by atoms with Crippen LogP contribution in [0, 0.1) is 20.8 Å². The summed E-state index contributed by atoms with van der Waals surface area (Å²) in [5.41, 5.74) is 7.71. The molecule has 0 saturated heterocycles. The van der Waals surface area contributed by atoms with Gasteiger partial charge in [-0.15, -0.1) is 0 Å². The molecule has 28 heavy (non-hydrogen) atoms. The molecular formula is C24H23ClN2S. The van der Waals surface area contributed by atoms with Crippen LogP contribution in [0.25, 0.3) is 10.9 Å². The van der Waals surface area contributed by atoms with Crippen molar-refractivity contribution in [3.05, 3.63) is 93.8 Å². The first-order valence-electron chi connectivity index (χ1n) is 9.40. The zero-order valence-corrected chi connectivity index (χ0v) is 17.9. The van der Waals surface area contributed by atoms with Crippen molar-refractivity contribution < 1.29 is 0 Å². The van der Waals surface area contributed by atoms with E-state index in [1.165, 1.54) is 38.9 Å². The highest BCUT2D eigenvalue weighted by atomic mass is 35.5. The van der Waals surface area contributed by atoms with Crippen LogP contribution in [0.2, 0.25) is 5.02 Å². The average molecular weight is 407 g/mol. The van der Waals surface area contributed by atoms with Crippen LogP contribution >= 0.6 is 23.4 Å². The highest BCUT2D eigenvalue weighted by Crippen LogP contribution is 2.34. The summed E-state index contributed by atoms with van der Waals surface area (Å²) in [6.45, 7) is 7.39. The first-order valence-corrected chi connectivity index (χ1v) is 10.8. The van der Waals surface area contributed by atoms with Crippen LogP contribution in [-0.4, -0.2) is 9.55 Å². The third kappa shape index (κ3) is 3.82. The van der Waals surface area contributed by atoms with E-state index in [-0.39, 0.29) is 0 Å². The number of hydrogen-bond donors (Lipinski definition) is 0. The van der Waals surface area contributed by atoms with E-state index in [0.29, 0.717) is 0 Å². The second-order valence-electron chi connectivity index (χ2n) is 7.21. The predicted octanol–water partition coefficient (Wildman–Crippen LogP) is 6.96. The summed E-state index contributed by atoms with van der Waals surface area (Å²) in [7, 11) is 0. The summed E-state index contributed by atoms with van der Waals surface area (Å²) >= 11 is 7.80. The number of aryl methyl sites for hydroxylation is 2. The van der Waals surface area contributed by atoms with E-state index in [2.05, 4.69) is 67.8 Å². The van der Waals surface area contributed by atoms with Crippen molar-refractivity contribution in [3.63, 3.8) is 0 Å². The number of hydrogen-bond acceptors (Lipinski definition) is 2. The summed E-state index contributed by atoms with van der Waals surface area (Å²) in [6, 6.07) is 19.0. The molecule has 0 unspecified atom stereocenters. The number of halogens is 1. The third-order valence-corrected chi connectivity index (χ3v) is 6.56. The van der Waals surface area contributed by atoms with E-state index in [1.54, 1.807) is 11.8 Å². The molecule has 0 bridgehead atoms. The van der Waals surface area contributed by atoms with Crippen LogP contribution in [-0.2, 0) is 12.3 Å². The van der Waals surface area contributed by atoms with E-state index in [9.17, 15) is 0 Å². The SMILES string of the molecule is Cc1ccc(Cn2c(C)c(C)c3ccnc(SCc4ccc(Cl)cc4)c32)cc1. The normalized spacial score (nSPS) is 11.3. The van der Waals surface area contributed by atoms with Crippen LogP contribution < -0.4 is 0 Å². The van der Waals surface area contributed by atoms with Crippen molar-refractivity contribution in [2.24, 2.45) is 0 Å². The van der Waals surface area contributed by atoms with Crippen molar-refractivity contribution in [1.29, 1.82) is 0 Å². The van der Waals surface area contributed by atoms with Crippen LogP contribution in [0.15, 0.2) is 65.8 Å². The van der Waals surface area contributed by atoms with Crippen LogP contribution in [0.3, 0.4) is 0 Å². The number of pyridine rings is 1. The maximum absolute atomic E-state index is 6.01. The number of thioether (sulfide) groups is 1. The van der Waals surface area contributed by atoms with Crippen molar-refractivity contribution >= 4 is 34.3 Å². The summed E-state index contributed by atoms with van der Waals surface area (Å²) in [5, 5.41) is 3.14. The molecule has 0 radical (unpaired) electrons. The largest absolute Gasteiger partial charge is 0.338 e. The molecule has 0 fully saturated rings. The lowest BCUT2D eigenvalue weighted by Gasteiger charge is -2.12. The molecule has 0 N–H and O–H groups in total. The van der Waals surface area contributed by atoms with Crippen molar-refractivity contribution in [2.45, 2.75) is 38.1 Å². The molecule has 0 aliphatic rings. The van der Waals surface area contributed by atoms with Crippen LogP contribution in [0.5, 0.6) is 0 Å². The van der Waals surface area contributed by atoms with E-state index >= 15 is 0 Å². The van der Waals surface area contributed by atoms with Gasteiger partial charge >= 0.3 is 0 Å². The second kappa shape index (κ2) is 8.02. The van der Waals surface area contributed by atoms with Crippen LogP contribution in [0.1, 0.15) is 27.9 Å². The summed E-state index contributed by atoms with van der Waals surface area (Å²) in [5.74, 6) is 0.872. The molecular weight excluding hydrogens is 384 g/mol. The summed E-state index contributed by atoms with van der Waals surface area (Å²) in [6.07, 6.45) is 1.93. The summed E-state index contributed by atoms with van der Waals surface area (Å²) in [4.78, 5) is 4.73. The van der Waals surface area contributed by atoms with Crippen molar-refractivity contribution in [3.8, 4) is 0 Å². The van der Waals surface area contributed by atoms with Gasteiger partial charge in [0.2, 0.25) is 0 Å². The van der Waals surface area contributed by atoms with Gasteiger partial charge in [0.05, 0.1) is 5.52 Å². The van der Waals surface area contributed by atoms with Gasteiger partial charge in [-0.3, -0.25) is 0 Å². The van der Waals surface area contributed by atoms with E-state index in [1.807, 2.05) is 18.3 Å². The molecule has 0 aliphatic carbocycles. The average Bonchev–Trinajstić information content (AvgIpc) is 2.95. The molecule has 0 atom stereocenters. The number of aromatic nitrogens is 2. The van der Waals surface area contributed by atoms with Gasteiger partial charge in [-0.2, -0.15) is 0 Å². The quantitative estimate of drug-likeness (QED) is 0.333. The fourth-order valence-corrected chi connectivity index (χ4v) is 4.59. The Labute approximate surface area is 175 Å². The van der Waals surface area contributed by atoms with Gasteiger partial charge in [-0.05, 0) is 55.7 Å². The highest BCUT2D eigenvalue weighted by molar-refractivity contribution is 7.98. The first kappa shape index (κ1) is 19.1. The van der Waals surface area contributed by atoms with Crippen molar-refractivity contribution in [1.82, 2.24) is 9.55 Å². The number of benzene rings is 2. The zero-order chi connectivity index (χ0) is 19.7. The minimum Gasteiger partial charge on any atom is -0.338 e. The predicted molar refractivity (Wildman–Crippen MR) is 121 cm³/mol. The zero-order valence-electron chi connectivity index (χ0n) is 16.4. The fourth-order valence-electron chi connectivity index (χ4n) is 3.47. The lowest BCUT2D eigenvalue weighted by Crippen LogP contribution is -2.03. The Hall–Kier alpha value is -2.23. The monoisotopic (exact) mass is 406 g/mol. The summed E-state index contributed by atoms with van der Waals surface area (Å²) < 4.78 is 2.41. The molecule has 4 heteroatoms.